The van der Waals surface area contributed by atoms with Crippen LogP contribution in [0.3, 0.4) is 0 Å². The van der Waals surface area contributed by atoms with Gasteiger partial charge in [-0.25, -0.2) is 31.4 Å². The number of carbonyl (C=O) groups is 2. The molecule has 0 radical (unpaired) electrons. The highest BCUT2D eigenvalue weighted by atomic mass is 35.5. The number of hydrogen-bond acceptors (Lipinski definition) is 11. The van der Waals surface area contributed by atoms with Crippen LogP contribution in [-0.2, 0) is 20.0 Å². The lowest BCUT2D eigenvalue weighted by molar-refractivity contribution is 0.0681. The summed E-state index contributed by atoms with van der Waals surface area (Å²) < 4.78 is 61.5. The van der Waals surface area contributed by atoms with Gasteiger partial charge < -0.3 is 14.9 Å². The Balaban J connectivity index is 1.37. The van der Waals surface area contributed by atoms with E-state index in [0.29, 0.717) is 11.3 Å². The van der Waals surface area contributed by atoms with Crippen molar-refractivity contribution in [3.8, 4) is 22.8 Å². The number of nitrogens with zero attached hydrogens (tertiary/aromatic N) is 1. The number of rotatable bonds is 10. The molecule has 2 heterocycles. The number of aromatic carboxylic acids is 1. The van der Waals surface area contributed by atoms with Gasteiger partial charge in [-0.05, 0) is 55.5 Å². The van der Waals surface area contributed by atoms with Gasteiger partial charge in [-0.15, -0.1) is 22.7 Å². The highest BCUT2D eigenvalue weighted by molar-refractivity contribution is 7.94. The zero-order valence-corrected chi connectivity index (χ0v) is 26.7. The Hall–Kier alpha value is -4.48. The van der Waals surface area contributed by atoms with Crippen LogP contribution in [0.2, 0.25) is 4.34 Å². The Morgan fingerprint density at radius 2 is 1.58 bits per heavy atom. The highest BCUT2D eigenvalue weighted by Gasteiger charge is 2.23. The van der Waals surface area contributed by atoms with E-state index in [1.807, 2.05) is 6.92 Å². The molecule has 3 aromatic carbocycles. The molecule has 0 unspecified atom stereocenters. The van der Waals surface area contributed by atoms with Gasteiger partial charge in [0.05, 0.1) is 31.3 Å². The van der Waals surface area contributed by atoms with Gasteiger partial charge >= 0.3 is 11.9 Å². The third kappa shape index (κ3) is 7.26. The number of sulfonamides is 2. The molecule has 5 aromatic rings. The Bertz CT molecular complexity index is 2180. The van der Waals surface area contributed by atoms with E-state index in [1.165, 1.54) is 47.7 Å². The van der Waals surface area contributed by atoms with E-state index >= 15 is 0 Å². The second kappa shape index (κ2) is 12.5. The van der Waals surface area contributed by atoms with Crippen LogP contribution in [0.25, 0.3) is 11.3 Å². The van der Waals surface area contributed by atoms with Crippen molar-refractivity contribution >= 4 is 77.6 Å². The summed E-state index contributed by atoms with van der Waals surface area (Å²) >= 11 is 8.04. The Morgan fingerprint density at radius 3 is 2.20 bits per heavy atom. The third-order valence-corrected chi connectivity index (χ3v) is 11.3. The smallest absolute Gasteiger partial charge is 0.347 e. The molecule has 45 heavy (non-hydrogen) atoms. The summed E-state index contributed by atoms with van der Waals surface area (Å²) in [5.41, 5.74) is 0.105. The van der Waals surface area contributed by atoms with Crippen molar-refractivity contribution in [3.05, 3.63) is 98.6 Å². The number of thiophene rings is 1. The van der Waals surface area contributed by atoms with Crippen LogP contribution < -0.4 is 14.2 Å². The number of esters is 1. The predicted octanol–water partition coefficient (Wildman–Crippen LogP) is 6.06. The van der Waals surface area contributed by atoms with Gasteiger partial charge in [0.1, 0.15) is 26.8 Å². The number of nitrogens with one attached hydrogen (secondary N) is 2. The van der Waals surface area contributed by atoms with Crippen molar-refractivity contribution in [1.82, 2.24) is 4.98 Å². The average Bonchev–Trinajstić information content (AvgIpc) is 3.61. The summed E-state index contributed by atoms with van der Waals surface area (Å²) in [7, 11) is -8.21. The lowest BCUT2D eigenvalue weighted by Gasteiger charge is -2.13. The molecule has 17 heteroatoms. The van der Waals surface area contributed by atoms with Crippen molar-refractivity contribution in [2.75, 3.05) is 9.44 Å². The van der Waals surface area contributed by atoms with Gasteiger partial charge in [0.15, 0.2) is 0 Å². The van der Waals surface area contributed by atoms with Crippen LogP contribution in [0.5, 0.6) is 11.5 Å². The average molecular weight is 706 g/mol. The van der Waals surface area contributed by atoms with Crippen LogP contribution in [0, 0.1) is 6.92 Å². The van der Waals surface area contributed by atoms with Crippen molar-refractivity contribution in [1.29, 1.82) is 0 Å². The van der Waals surface area contributed by atoms with Crippen LogP contribution >= 0.6 is 34.3 Å². The molecule has 0 aliphatic rings. The van der Waals surface area contributed by atoms with Crippen LogP contribution in [0.15, 0.2) is 87.3 Å². The summed E-state index contributed by atoms with van der Waals surface area (Å²) in [5, 5.41) is 22.7. The number of aromatic nitrogens is 1. The maximum Gasteiger partial charge on any atom is 0.347 e. The normalized spacial score (nSPS) is 11.6. The van der Waals surface area contributed by atoms with Crippen LogP contribution in [-0.4, -0.2) is 44.0 Å². The van der Waals surface area contributed by atoms with E-state index in [9.17, 15) is 36.6 Å². The van der Waals surface area contributed by atoms with Gasteiger partial charge in [0.25, 0.3) is 20.0 Å². The largest absolute Gasteiger partial charge is 0.507 e. The van der Waals surface area contributed by atoms with Gasteiger partial charge in [-0.2, -0.15) is 0 Å². The van der Waals surface area contributed by atoms with Crippen molar-refractivity contribution in [3.63, 3.8) is 0 Å². The molecule has 0 fully saturated rings. The molecule has 0 aliphatic carbocycles. The third-order valence-electron chi connectivity index (χ3n) is 6.01. The topological polar surface area (TPSA) is 189 Å². The number of phenolic OH excluding ortho intramolecular Hbond substituents is 1. The number of halogens is 1. The van der Waals surface area contributed by atoms with Gasteiger partial charge in [0, 0.05) is 23.1 Å². The molecule has 0 amide bonds. The van der Waals surface area contributed by atoms with Crippen molar-refractivity contribution < 1.29 is 41.4 Å². The predicted molar refractivity (Wildman–Crippen MR) is 170 cm³/mol. The first kappa shape index (κ1) is 31.9. The fraction of sp³-hybridized carbons (Fsp3) is 0.0357. The number of aromatic hydroxyl groups is 1. The van der Waals surface area contributed by atoms with E-state index in [2.05, 4.69) is 14.4 Å². The number of phenols is 1. The molecule has 12 nitrogen and oxygen atoms in total. The molecule has 4 N–H and O–H groups in total. The summed E-state index contributed by atoms with van der Waals surface area (Å²) in [5.74, 6) is -3.85. The number of carboxylic acids is 1. The number of hydrogen-bond donors (Lipinski definition) is 4. The number of ether oxygens (including phenoxy) is 1. The number of carboxylic acid groups (broad SMARTS) is 1. The Kier molecular flexibility index (Phi) is 8.86. The monoisotopic (exact) mass is 705 g/mol. The van der Waals surface area contributed by atoms with E-state index in [4.69, 9.17) is 16.3 Å². The minimum atomic E-state index is -4.18. The molecule has 0 spiro atoms. The second-order valence-corrected chi connectivity index (χ2v) is 15.6. The zero-order chi connectivity index (χ0) is 32.5. The maximum atomic E-state index is 13.2. The highest BCUT2D eigenvalue weighted by Crippen LogP contribution is 2.32. The maximum absolute atomic E-state index is 13.2. The molecule has 232 valence electrons. The first-order chi connectivity index (χ1) is 21.2. The lowest BCUT2D eigenvalue weighted by atomic mass is 10.1. The summed E-state index contributed by atoms with van der Waals surface area (Å²) in [6.07, 6.45) is 0. The zero-order valence-electron chi connectivity index (χ0n) is 22.7. The molecular weight excluding hydrogens is 686 g/mol. The number of anilines is 2. The van der Waals surface area contributed by atoms with Crippen LogP contribution in [0.1, 0.15) is 25.7 Å². The fourth-order valence-corrected chi connectivity index (χ4v) is 8.20. The number of thiazole rings is 1. The van der Waals surface area contributed by atoms with Gasteiger partial charge in [-0.3, -0.25) is 9.44 Å². The molecule has 5 rings (SSSR count). The molecule has 0 saturated heterocycles. The number of carbonyl (C=O) groups excluding carboxylic acids is 1. The molecule has 0 atom stereocenters. The first-order valence-corrected chi connectivity index (χ1v) is 17.5. The minimum Gasteiger partial charge on any atom is -0.507 e. The van der Waals surface area contributed by atoms with E-state index in [1.54, 1.807) is 17.5 Å². The molecule has 0 saturated carbocycles. The van der Waals surface area contributed by atoms with Gasteiger partial charge in [-0.1, -0.05) is 23.7 Å². The molecule has 0 bridgehead atoms. The van der Waals surface area contributed by atoms with E-state index in [-0.39, 0.29) is 24.8 Å². The summed E-state index contributed by atoms with van der Waals surface area (Å²) in [6.45, 7) is 1.83. The van der Waals surface area contributed by atoms with Crippen molar-refractivity contribution in [2.24, 2.45) is 0 Å². The van der Waals surface area contributed by atoms with Gasteiger partial charge in [0.2, 0.25) is 0 Å². The molecule has 0 aliphatic heterocycles. The first-order valence-electron chi connectivity index (χ1n) is 12.5. The Labute approximate surface area is 269 Å². The quantitative estimate of drug-likeness (QED) is 0.0982. The number of benzene rings is 3. The number of aryl methyl sites for hydroxylation is 1. The second-order valence-electron chi connectivity index (χ2n) is 9.19. The summed E-state index contributed by atoms with van der Waals surface area (Å²) in [6, 6.07) is 15.3. The van der Waals surface area contributed by atoms with Crippen LogP contribution in [0.4, 0.5) is 11.4 Å². The SMILES string of the molecule is Cc1nc(-c2cccc(S(=O)(=O)Nc3ccc(C(=O)O)c(OC(=O)c4ccc(NS(=O)(=O)c5ccc(Cl)s5)cc4O)c3)c2)cs1. The molecule has 2 aromatic heterocycles. The minimum absolute atomic E-state index is 0.0746. The Morgan fingerprint density at radius 1 is 0.889 bits per heavy atom. The lowest BCUT2D eigenvalue weighted by Crippen LogP contribution is -2.15. The fourth-order valence-electron chi connectivity index (χ4n) is 3.95. The van der Waals surface area contributed by atoms with Crippen molar-refractivity contribution in [2.45, 2.75) is 16.0 Å². The van der Waals surface area contributed by atoms with E-state index < -0.39 is 54.6 Å². The molecular formula is C28H20ClN3O9S4. The summed E-state index contributed by atoms with van der Waals surface area (Å²) in [4.78, 5) is 29.1. The standard InChI is InChI=1S/C28H20ClN3O9S4/c1-15-30-22(14-42-15)16-3-2-4-19(11-16)44(37,38)31-18-6-8-21(27(34)35)24(13-18)41-28(36)20-7-5-17(12-23(20)33)32-45(39,40)26-10-9-25(29)43-26/h2-14,31-33H,1H3,(H,34,35). The van der Waals surface area contributed by atoms with E-state index in [0.717, 1.165) is 40.6 Å².